The fourth-order valence-corrected chi connectivity index (χ4v) is 1.58. The maximum Gasteiger partial charge on any atom is 0.132 e. The molecule has 1 aromatic heterocycles. The third-order valence-corrected chi connectivity index (χ3v) is 2.43. The molecule has 16 heavy (non-hydrogen) atoms. The van der Waals surface area contributed by atoms with Crippen molar-refractivity contribution in [3.05, 3.63) is 59.3 Å². The Labute approximate surface area is 93.3 Å². The minimum Gasteiger partial charge on any atom is -0.464 e. The smallest absolute Gasteiger partial charge is 0.132 e. The average Bonchev–Trinajstić information content (AvgIpc) is 2.68. The van der Waals surface area contributed by atoms with Gasteiger partial charge in [0.25, 0.3) is 0 Å². The van der Waals surface area contributed by atoms with Crippen molar-refractivity contribution in [1.29, 1.82) is 0 Å². The van der Waals surface area contributed by atoms with Gasteiger partial charge in [-0.3, -0.25) is 0 Å². The second-order valence-electron chi connectivity index (χ2n) is 3.79. The maximum atomic E-state index is 12.7. The van der Waals surface area contributed by atoms with Crippen molar-refractivity contribution in [3.8, 4) is 0 Å². The lowest BCUT2D eigenvalue weighted by Crippen LogP contribution is -2.00. The summed E-state index contributed by atoms with van der Waals surface area (Å²) in [6, 6.07) is 9.65. The molecule has 1 atom stereocenters. The maximum absolute atomic E-state index is 12.7. The van der Waals surface area contributed by atoms with Crippen LogP contribution in [0.15, 0.2) is 40.8 Å². The summed E-state index contributed by atoms with van der Waals surface area (Å²) in [5.74, 6) is 1.04. The molecule has 0 aliphatic carbocycles. The molecule has 2 rings (SSSR count). The number of halogens is 1. The van der Waals surface area contributed by atoms with E-state index in [1.165, 1.54) is 12.1 Å². The Balaban J connectivity index is 2.07. The fourth-order valence-electron chi connectivity index (χ4n) is 1.58. The number of aryl methyl sites for hydroxylation is 1. The van der Waals surface area contributed by atoms with Crippen molar-refractivity contribution in [2.24, 2.45) is 0 Å². The first-order valence-electron chi connectivity index (χ1n) is 5.14. The third-order valence-electron chi connectivity index (χ3n) is 2.43. The van der Waals surface area contributed by atoms with Crippen LogP contribution in [0.1, 0.15) is 23.2 Å². The number of benzene rings is 1. The molecule has 84 valence electrons. The topological polar surface area (TPSA) is 33.4 Å². The predicted octanol–water partition coefficient (Wildman–Crippen LogP) is 3.00. The van der Waals surface area contributed by atoms with Crippen LogP contribution in [-0.2, 0) is 6.42 Å². The number of furan rings is 1. The fraction of sp³-hybridized carbons (Fsp3) is 0.231. The first kappa shape index (κ1) is 10.9. The molecular weight excluding hydrogens is 207 g/mol. The Hall–Kier alpha value is -1.61. The van der Waals surface area contributed by atoms with E-state index in [2.05, 4.69) is 0 Å². The van der Waals surface area contributed by atoms with E-state index in [4.69, 9.17) is 4.42 Å². The normalized spacial score (nSPS) is 12.7. The van der Waals surface area contributed by atoms with Crippen LogP contribution in [0.3, 0.4) is 0 Å². The van der Waals surface area contributed by atoms with Gasteiger partial charge in [0, 0.05) is 6.42 Å². The van der Waals surface area contributed by atoms with Crippen LogP contribution in [0.2, 0.25) is 0 Å². The molecule has 0 fully saturated rings. The molecule has 0 aliphatic heterocycles. The molecule has 1 unspecified atom stereocenters. The molecular formula is C13H13FO2. The molecule has 0 saturated heterocycles. The Morgan fingerprint density at radius 2 is 1.88 bits per heavy atom. The highest BCUT2D eigenvalue weighted by atomic mass is 19.1. The van der Waals surface area contributed by atoms with Crippen molar-refractivity contribution in [1.82, 2.24) is 0 Å². The lowest BCUT2D eigenvalue weighted by molar-refractivity contribution is 0.149. The summed E-state index contributed by atoms with van der Waals surface area (Å²) < 4.78 is 18.0. The third kappa shape index (κ3) is 2.49. The van der Waals surface area contributed by atoms with Crippen molar-refractivity contribution >= 4 is 0 Å². The Morgan fingerprint density at radius 1 is 1.19 bits per heavy atom. The standard InChI is InChI=1S/C13H13FO2/c1-9-2-7-13(16-9)12(15)8-10-3-5-11(14)6-4-10/h2-7,12,15H,8H2,1H3. The molecule has 3 heteroatoms. The van der Waals surface area contributed by atoms with E-state index in [0.717, 1.165) is 11.3 Å². The highest BCUT2D eigenvalue weighted by Crippen LogP contribution is 2.20. The number of rotatable bonds is 3. The Morgan fingerprint density at radius 3 is 2.44 bits per heavy atom. The van der Waals surface area contributed by atoms with E-state index < -0.39 is 6.10 Å². The zero-order valence-corrected chi connectivity index (χ0v) is 8.98. The molecule has 0 bridgehead atoms. The van der Waals surface area contributed by atoms with E-state index in [9.17, 15) is 9.50 Å². The van der Waals surface area contributed by atoms with Gasteiger partial charge in [-0.1, -0.05) is 12.1 Å². The van der Waals surface area contributed by atoms with Crippen LogP contribution < -0.4 is 0 Å². The number of aliphatic hydroxyl groups is 1. The Bertz CT molecular complexity index is 459. The second-order valence-corrected chi connectivity index (χ2v) is 3.79. The zero-order valence-electron chi connectivity index (χ0n) is 8.98. The number of hydrogen-bond donors (Lipinski definition) is 1. The second kappa shape index (κ2) is 4.49. The highest BCUT2D eigenvalue weighted by molar-refractivity contribution is 5.19. The van der Waals surface area contributed by atoms with Gasteiger partial charge in [0.15, 0.2) is 0 Å². The van der Waals surface area contributed by atoms with Gasteiger partial charge in [-0.05, 0) is 36.8 Å². The van der Waals surface area contributed by atoms with Crippen LogP contribution in [-0.4, -0.2) is 5.11 Å². The lowest BCUT2D eigenvalue weighted by atomic mass is 10.1. The summed E-state index contributed by atoms with van der Waals surface area (Å²) in [6.45, 7) is 1.83. The van der Waals surface area contributed by atoms with E-state index in [0.29, 0.717) is 12.2 Å². The van der Waals surface area contributed by atoms with Gasteiger partial charge in [0.2, 0.25) is 0 Å². The molecule has 1 heterocycles. The van der Waals surface area contributed by atoms with Gasteiger partial charge >= 0.3 is 0 Å². The minimum absolute atomic E-state index is 0.271. The van der Waals surface area contributed by atoms with E-state index >= 15 is 0 Å². The van der Waals surface area contributed by atoms with E-state index in [-0.39, 0.29) is 5.82 Å². The minimum atomic E-state index is -0.681. The molecule has 0 aliphatic rings. The van der Waals surface area contributed by atoms with Crippen molar-refractivity contribution < 1.29 is 13.9 Å². The number of hydrogen-bond acceptors (Lipinski definition) is 2. The quantitative estimate of drug-likeness (QED) is 0.862. The SMILES string of the molecule is Cc1ccc(C(O)Cc2ccc(F)cc2)o1. The van der Waals surface area contributed by atoms with E-state index in [1.807, 2.05) is 13.0 Å². The van der Waals surface area contributed by atoms with Gasteiger partial charge in [-0.15, -0.1) is 0 Å². The van der Waals surface area contributed by atoms with Crippen molar-refractivity contribution in [2.75, 3.05) is 0 Å². The molecule has 0 radical (unpaired) electrons. The van der Waals surface area contributed by atoms with Crippen molar-refractivity contribution in [3.63, 3.8) is 0 Å². The van der Waals surface area contributed by atoms with Gasteiger partial charge in [0.1, 0.15) is 23.4 Å². The van der Waals surface area contributed by atoms with Gasteiger partial charge in [0.05, 0.1) is 0 Å². The number of aliphatic hydroxyl groups excluding tert-OH is 1. The van der Waals surface area contributed by atoms with Crippen LogP contribution in [0.5, 0.6) is 0 Å². The molecule has 0 spiro atoms. The highest BCUT2D eigenvalue weighted by Gasteiger charge is 2.12. The first-order valence-corrected chi connectivity index (χ1v) is 5.14. The van der Waals surface area contributed by atoms with E-state index in [1.54, 1.807) is 18.2 Å². The average molecular weight is 220 g/mol. The first-order chi connectivity index (χ1) is 7.65. The summed E-state index contributed by atoms with van der Waals surface area (Å²) in [4.78, 5) is 0. The van der Waals surface area contributed by atoms with Crippen LogP contribution in [0, 0.1) is 12.7 Å². The summed E-state index contributed by atoms with van der Waals surface area (Å²) in [5, 5.41) is 9.87. The van der Waals surface area contributed by atoms with Crippen LogP contribution >= 0.6 is 0 Å². The summed E-state index contributed by atoms with van der Waals surface area (Å²) in [6.07, 6.45) is -0.257. The molecule has 2 aromatic rings. The summed E-state index contributed by atoms with van der Waals surface area (Å²) >= 11 is 0. The van der Waals surface area contributed by atoms with Gasteiger partial charge < -0.3 is 9.52 Å². The lowest BCUT2D eigenvalue weighted by Gasteiger charge is -2.07. The van der Waals surface area contributed by atoms with Crippen molar-refractivity contribution in [2.45, 2.75) is 19.4 Å². The van der Waals surface area contributed by atoms with Crippen LogP contribution in [0.25, 0.3) is 0 Å². The zero-order chi connectivity index (χ0) is 11.5. The van der Waals surface area contributed by atoms with Gasteiger partial charge in [-0.25, -0.2) is 4.39 Å². The van der Waals surface area contributed by atoms with Gasteiger partial charge in [-0.2, -0.15) is 0 Å². The monoisotopic (exact) mass is 220 g/mol. The molecule has 1 aromatic carbocycles. The molecule has 0 amide bonds. The molecule has 0 saturated carbocycles. The molecule has 2 nitrogen and oxygen atoms in total. The molecule has 1 N–H and O–H groups in total. The summed E-state index contributed by atoms with van der Waals surface area (Å²) in [5.41, 5.74) is 0.878. The predicted molar refractivity (Wildman–Crippen MR) is 58.5 cm³/mol. The summed E-state index contributed by atoms with van der Waals surface area (Å²) in [7, 11) is 0. The van der Waals surface area contributed by atoms with Crippen LogP contribution in [0.4, 0.5) is 4.39 Å². The largest absolute Gasteiger partial charge is 0.464 e. The Kier molecular flexibility index (Phi) is 3.06.